The van der Waals surface area contributed by atoms with E-state index in [1.807, 2.05) is 6.92 Å². The van der Waals surface area contributed by atoms with Gasteiger partial charge in [-0.1, -0.05) is 6.92 Å². The number of carbonyl (C=O) groups is 1. The fraction of sp³-hybridized carbons (Fsp3) is 0.750. The molecule has 0 spiro atoms. The molecule has 13 heavy (non-hydrogen) atoms. The minimum absolute atomic E-state index is 0.175. The first-order valence-electron chi connectivity index (χ1n) is 4.36. The first kappa shape index (κ1) is 8.34. The number of hydrogen-bond donors (Lipinski definition) is 0. The Labute approximate surface area is 76.1 Å². The molecule has 5 heteroatoms. The number of hydrogen-bond acceptors (Lipinski definition) is 4. The average molecular weight is 180 g/mol. The molecular weight excluding hydrogens is 168 g/mol. The molecule has 0 bridgehead atoms. The summed E-state index contributed by atoms with van der Waals surface area (Å²) in [5.41, 5.74) is -0.175. The average Bonchev–Trinajstić information content (AvgIpc) is 2.60. The highest BCUT2D eigenvalue weighted by Gasteiger charge is 2.39. The van der Waals surface area contributed by atoms with Crippen molar-refractivity contribution in [2.45, 2.75) is 31.6 Å². The molecule has 2 rings (SSSR count). The Morgan fingerprint density at radius 3 is 2.77 bits per heavy atom. The number of carbonyl (C=O) groups excluding carboxylic acids is 1. The van der Waals surface area contributed by atoms with Gasteiger partial charge >= 0.3 is 0 Å². The van der Waals surface area contributed by atoms with E-state index in [4.69, 9.17) is 0 Å². The number of tetrazole rings is 1. The molecule has 1 saturated carbocycles. The molecule has 0 N–H and O–H groups in total. The van der Waals surface area contributed by atoms with Crippen LogP contribution in [0.5, 0.6) is 0 Å². The Hall–Kier alpha value is -1.26. The maximum Gasteiger partial charge on any atom is 0.181 e. The summed E-state index contributed by atoms with van der Waals surface area (Å²) in [6, 6.07) is 0. The number of ketones is 1. The highest BCUT2D eigenvalue weighted by atomic mass is 16.1. The summed E-state index contributed by atoms with van der Waals surface area (Å²) < 4.78 is 0. The van der Waals surface area contributed by atoms with Gasteiger partial charge in [0.25, 0.3) is 0 Å². The molecule has 0 amide bonds. The fourth-order valence-electron chi connectivity index (χ4n) is 1.74. The molecule has 1 aromatic rings. The van der Waals surface area contributed by atoms with Crippen LogP contribution in [0.1, 0.15) is 32.0 Å². The quantitative estimate of drug-likeness (QED) is 0.620. The molecule has 0 aliphatic heterocycles. The monoisotopic (exact) mass is 180 g/mol. The molecule has 1 aliphatic rings. The van der Waals surface area contributed by atoms with Gasteiger partial charge in [0, 0.05) is 18.3 Å². The molecular formula is C8H12N4O. The van der Waals surface area contributed by atoms with Crippen LogP contribution in [0, 0.1) is 0 Å². The Morgan fingerprint density at radius 1 is 1.54 bits per heavy atom. The summed E-state index contributed by atoms with van der Waals surface area (Å²) in [6.45, 7) is 2.02. The van der Waals surface area contributed by atoms with Crippen LogP contribution >= 0.6 is 0 Å². The van der Waals surface area contributed by atoms with E-state index in [-0.39, 0.29) is 5.41 Å². The molecule has 1 unspecified atom stereocenters. The van der Waals surface area contributed by atoms with Crippen molar-refractivity contribution in [2.24, 2.45) is 7.05 Å². The van der Waals surface area contributed by atoms with Crippen LogP contribution in [-0.4, -0.2) is 26.0 Å². The van der Waals surface area contributed by atoms with Gasteiger partial charge in [0.05, 0.1) is 7.05 Å². The topological polar surface area (TPSA) is 60.7 Å². The van der Waals surface area contributed by atoms with Gasteiger partial charge in [0.2, 0.25) is 0 Å². The summed E-state index contributed by atoms with van der Waals surface area (Å²) in [6.07, 6.45) is 2.05. The number of aromatic nitrogens is 4. The van der Waals surface area contributed by atoms with Crippen LogP contribution in [-0.2, 0) is 17.3 Å². The third-order valence-corrected chi connectivity index (χ3v) is 2.59. The van der Waals surface area contributed by atoms with Crippen LogP contribution in [0.15, 0.2) is 0 Å². The van der Waals surface area contributed by atoms with Crippen molar-refractivity contribution < 1.29 is 4.79 Å². The Kier molecular flexibility index (Phi) is 1.68. The van der Waals surface area contributed by atoms with Gasteiger partial charge in [0.1, 0.15) is 5.78 Å². The lowest BCUT2D eigenvalue weighted by molar-refractivity contribution is -0.117. The first-order valence-corrected chi connectivity index (χ1v) is 4.36. The van der Waals surface area contributed by atoms with Crippen molar-refractivity contribution in [3.8, 4) is 0 Å². The Morgan fingerprint density at radius 2 is 2.31 bits per heavy atom. The Balaban J connectivity index is 2.30. The van der Waals surface area contributed by atoms with Crippen molar-refractivity contribution in [3.05, 3.63) is 5.82 Å². The predicted octanol–water partition coefficient (Wildman–Crippen LogP) is 0.221. The predicted molar refractivity (Wildman–Crippen MR) is 45.0 cm³/mol. The molecule has 1 aliphatic carbocycles. The van der Waals surface area contributed by atoms with E-state index in [1.165, 1.54) is 4.80 Å². The van der Waals surface area contributed by atoms with Crippen molar-refractivity contribution in [1.82, 2.24) is 20.2 Å². The number of Topliss-reactive ketones (excluding diaryl/α,β-unsaturated/α-hetero) is 1. The van der Waals surface area contributed by atoms with Crippen LogP contribution in [0.3, 0.4) is 0 Å². The lowest BCUT2D eigenvalue weighted by Gasteiger charge is -2.16. The molecule has 1 atom stereocenters. The zero-order valence-electron chi connectivity index (χ0n) is 7.82. The number of aryl methyl sites for hydroxylation is 1. The minimum Gasteiger partial charge on any atom is -0.300 e. The minimum atomic E-state index is -0.175. The maximum absolute atomic E-state index is 11.2. The van der Waals surface area contributed by atoms with E-state index in [0.717, 1.165) is 6.42 Å². The van der Waals surface area contributed by atoms with E-state index in [2.05, 4.69) is 15.4 Å². The second kappa shape index (κ2) is 2.61. The third kappa shape index (κ3) is 1.34. The SMILES string of the molecule is Cn1nnc(C2(C)CCC(=O)C2)n1. The van der Waals surface area contributed by atoms with Crippen LogP contribution in [0.4, 0.5) is 0 Å². The second-order valence-corrected chi connectivity index (χ2v) is 3.88. The molecule has 0 radical (unpaired) electrons. The smallest absolute Gasteiger partial charge is 0.181 e. The highest BCUT2D eigenvalue weighted by molar-refractivity contribution is 5.82. The van der Waals surface area contributed by atoms with E-state index < -0.39 is 0 Å². The third-order valence-electron chi connectivity index (χ3n) is 2.59. The molecule has 0 saturated heterocycles. The van der Waals surface area contributed by atoms with Gasteiger partial charge in [0.15, 0.2) is 5.82 Å². The molecule has 5 nitrogen and oxygen atoms in total. The fourth-order valence-corrected chi connectivity index (χ4v) is 1.74. The summed E-state index contributed by atoms with van der Waals surface area (Å²) >= 11 is 0. The van der Waals surface area contributed by atoms with E-state index >= 15 is 0 Å². The van der Waals surface area contributed by atoms with Gasteiger partial charge in [-0.05, 0) is 11.6 Å². The Bertz CT molecular complexity index is 346. The first-order chi connectivity index (χ1) is 6.10. The van der Waals surface area contributed by atoms with Gasteiger partial charge in [-0.2, -0.15) is 4.80 Å². The van der Waals surface area contributed by atoms with E-state index in [1.54, 1.807) is 7.05 Å². The normalized spacial score (nSPS) is 28.3. The maximum atomic E-state index is 11.2. The molecule has 1 heterocycles. The zero-order valence-corrected chi connectivity index (χ0v) is 7.82. The van der Waals surface area contributed by atoms with Crippen LogP contribution in [0.2, 0.25) is 0 Å². The van der Waals surface area contributed by atoms with Crippen LogP contribution in [0.25, 0.3) is 0 Å². The van der Waals surface area contributed by atoms with Gasteiger partial charge in [-0.3, -0.25) is 4.79 Å². The van der Waals surface area contributed by atoms with E-state index in [9.17, 15) is 4.79 Å². The summed E-state index contributed by atoms with van der Waals surface area (Å²) in [4.78, 5) is 12.6. The molecule has 70 valence electrons. The lowest BCUT2D eigenvalue weighted by atomic mass is 9.88. The summed E-state index contributed by atoms with van der Waals surface area (Å²) in [5, 5.41) is 11.9. The number of nitrogens with zero attached hydrogens (tertiary/aromatic N) is 4. The van der Waals surface area contributed by atoms with Gasteiger partial charge in [-0.15, -0.1) is 10.2 Å². The molecule has 0 aromatic carbocycles. The van der Waals surface area contributed by atoms with E-state index in [0.29, 0.717) is 24.4 Å². The lowest BCUT2D eigenvalue weighted by Crippen LogP contribution is -2.20. The second-order valence-electron chi connectivity index (χ2n) is 3.88. The van der Waals surface area contributed by atoms with Crippen molar-refractivity contribution in [3.63, 3.8) is 0 Å². The molecule has 1 aromatic heterocycles. The largest absolute Gasteiger partial charge is 0.300 e. The highest BCUT2D eigenvalue weighted by Crippen LogP contribution is 2.36. The summed E-state index contributed by atoms with van der Waals surface area (Å²) in [7, 11) is 1.73. The summed E-state index contributed by atoms with van der Waals surface area (Å²) in [5.74, 6) is 0.996. The van der Waals surface area contributed by atoms with Gasteiger partial charge in [-0.25, -0.2) is 0 Å². The van der Waals surface area contributed by atoms with Crippen molar-refractivity contribution in [2.75, 3.05) is 0 Å². The van der Waals surface area contributed by atoms with Crippen LogP contribution < -0.4 is 0 Å². The number of rotatable bonds is 1. The zero-order chi connectivity index (χ0) is 9.47. The van der Waals surface area contributed by atoms with Crippen molar-refractivity contribution >= 4 is 5.78 Å². The van der Waals surface area contributed by atoms with Crippen molar-refractivity contribution in [1.29, 1.82) is 0 Å². The molecule has 1 fully saturated rings. The standard InChI is InChI=1S/C8H12N4O/c1-8(4-3-6(13)5-8)7-9-11-12(2)10-7/h3-5H2,1-2H3. The van der Waals surface area contributed by atoms with Gasteiger partial charge < -0.3 is 0 Å².